The minimum Gasteiger partial charge on any atom is -0.285 e. The molecule has 84 valence electrons. The molecule has 0 aliphatic carbocycles. The normalized spacial score (nSPS) is 11.8. The van der Waals surface area contributed by atoms with Crippen molar-refractivity contribution in [3.63, 3.8) is 0 Å². The van der Waals surface area contributed by atoms with E-state index in [1.54, 1.807) is 6.07 Å². The molecule has 0 aliphatic rings. The van der Waals surface area contributed by atoms with Gasteiger partial charge in [-0.15, -0.1) is 0 Å². The van der Waals surface area contributed by atoms with Crippen LogP contribution < -0.4 is 0 Å². The largest absolute Gasteiger partial charge is 0.416 e. The summed E-state index contributed by atoms with van der Waals surface area (Å²) in [4.78, 5) is 0. The first-order valence-electron chi connectivity index (χ1n) is 4.35. The molecule has 2 aromatic rings. The molecule has 1 heterocycles. The number of nitrogens with zero attached hydrogens (tertiary/aromatic N) is 1. The summed E-state index contributed by atoms with van der Waals surface area (Å²) < 4.78 is 37.4. The zero-order chi connectivity index (χ0) is 11.8. The Bertz CT molecular complexity index is 491. The Labute approximate surface area is 94.1 Å². The minimum atomic E-state index is -4.38. The summed E-state index contributed by atoms with van der Waals surface area (Å²) in [5, 5.41) is 6.55. The summed E-state index contributed by atoms with van der Waals surface area (Å²) in [5.74, 6) is 0. The van der Waals surface area contributed by atoms with Crippen molar-refractivity contribution in [2.24, 2.45) is 0 Å². The van der Waals surface area contributed by atoms with Crippen LogP contribution in [0.15, 0.2) is 30.5 Å². The second kappa shape index (κ2) is 3.83. The van der Waals surface area contributed by atoms with Crippen LogP contribution in [0.5, 0.6) is 0 Å². The lowest BCUT2D eigenvalue weighted by Crippen LogP contribution is -2.04. The number of hydrogen-bond donors (Lipinski definition) is 1. The minimum absolute atomic E-state index is 0.236. The van der Waals surface area contributed by atoms with Gasteiger partial charge in [0.15, 0.2) is 0 Å². The molecule has 1 aromatic heterocycles. The van der Waals surface area contributed by atoms with Gasteiger partial charge in [-0.05, 0) is 24.3 Å². The van der Waals surface area contributed by atoms with E-state index in [-0.39, 0.29) is 10.6 Å². The number of aromatic amines is 1. The SMILES string of the molecule is FC(F)(F)c1ccc(Cl)c(-c2cc[nH]n2)c1. The number of rotatable bonds is 1. The van der Waals surface area contributed by atoms with E-state index in [9.17, 15) is 13.2 Å². The average molecular weight is 247 g/mol. The predicted molar refractivity (Wildman–Crippen MR) is 54.0 cm³/mol. The molecule has 0 saturated heterocycles. The van der Waals surface area contributed by atoms with Gasteiger partial charge in [0.2, 0.25) is 0 Å². The van der Waals surface area contributed by atoms with Crippen LogP contribution in [0.3, 0.4) is 0 Å². The van der Waals surface area contributed by atoms with E-state index < -0.39 is 11.7 Å². The Morgan fingerprint density at radius 2 is 1.94 bits per heavy atom. The number of H-pyrrole nitrogens is 1. The Balaban J connectivity index is 2.54. The lowest BCUT2D eigenvalue weighted by molar-refractivity contribution is -0.137. The molecule has 0 spiro atoms. The maximum atomic E-state index is 12.5. The maximum absolute atomic E-state index is 12.5. The van der Waals surface area contributed by atoms with Crippen LogP contribution in [0.1, 0.15) is 5.56 Å². The molecule has 0 atom stereocenters. The van der Waals surface area contributed by atoms with Crippen LogP contribution in [0.2, 0.25) is 5.02 Å². The molecule has 1 aromatic carbocycles. The highest BCUT2D eigenvalue weighted by atomic mass is 35.5. The molecule has 6 heteroatoms. The molecule has 0 amide bonds. The van der Waals surface area contributed by atoms with Crippen molar-refractivity contribution < 1.29 is 13.2 Å². The van der Waals surface area contributed by atoms with Gasteiger partial charge in [-0.1, -0.05) is 11.6 Å². The van der Waals surface area contributed by atoms with Gasteiger partial charge in [-0.25, -0.2) is 0 Å². The van der Waals surface area contributed by atoms with Gasteiger partial charge in [-0.3, -0.25) is 5.10 Å². The van der Waals surface area contributed by atoms with Gasteiger partial charge >= 0.3 is 6.18 Å². The van der Waals surface area contributed by atoms with Crippen LogP contribution in [0.4, 0.5) is 13.2 Å². The van der Waals surface area contributed by atoms with Crippen LogP contribution >= 0.6 is 11.6 Å². The topological polar surface area (TPSA) is 28.7 Å². The summed E-state index contributed by atoms with van der Waals surface area (Å²) in [6.07, 6.45) is -2.86. The molecule has 0 saturated carbocycles. The molecule has 2 nitrogen and oxygen atoms in total. The van der Waals surface area contributed by atoms with Gasteiger partial charge in [0, 0.05) is 11.8 Å². The number of alkyl halides is 3. The molecule has 1 N–H and O–H groups in total. The highest BCUT2D eigenvalue weighted by Crippen LogP contribution is 2.35. The summed E-state index contributed by atoms with van der Waals surface area (Å²) >= 11 is 5.82. The molecule has 0 unspecified atom stereocenters. The van der Waals surface area contributed by atoms with E-state index in [1.807, 2.05) is 0 Å². The summed E-state index contributed by atoms with van der Waals surface area (Å²) in [6, 6.07) is 4.70. The van der Waals surface area contributed by atoms with Crippen LogP contribution in [0, 0.1) is 0 Å². The number of halogens is 4. The lowest BCUT2D eigenvalue weighted by atomic mass is 10.1. The van der Waals surface area contributed by atoms with Gasteiger partial charge in [-0.2, -0.15) is 18.3 Å². The zero-order valence-electron chi connectivity index (χ0n) is 7.85. The highest BCUT2D eigenvalue weighted by molar-refractivity contribution is 6.33. The molecule has 2 rings (SSSR count). The van der Waals surface area contributed by atoms with Crippen LogP contribution in [0.25, 0.3) is 11.3 Å². The molecule has 0 fully saturated rings. The zero-order valence-corrected chi connectivity index (χ0v) is 8.60. The second-order valence-corrected chi connectivity index (χ2v) is 3.56. The third-order valence-electron chi connectivity index (χ3n) is 2.07. The van der Waals surface area contributed by atoms with Crippen LogP contribution in [-0.2, 0) is 6.18 Å². The van der Waals surface area contributed by atoms with Gasteiger partial charge in [0.25, 0.3) is 0 Å². The van der Waals surface area contributed by atoms with Crippen molar-refractivity contribution in [3.05, 3.63) is 41.0 Å². The van der Waals surface area contributed by atoms with E-state index in [2.05, 4.69) is 10.2 Å². The number of nitrogens with one attached hydrogen (secondary N) is 1. The van der Waals surface area contributed by atoms with Gasteiger partial charge < -0.3 is 0 Å². The van der Waals surface area contributed by atoms with Crippen molar-refractivity contribution >= 4 is 11.6 Å². The van der Waals surface area contributed by atoms with Gasteiger partial charge in [0.1, 0.15) is 0 Å². The maximum Gasteiger partial charge on any atom is 0.416 e. The highest BCUT2D eigenvalue weighted by Gasteiger charge is 2.31. The molecular weight excluding hydrogens is 241 g/mol. The fraction of sp³-hybridized carbons (Fsp3) is 0.100. The third-order valence-corrected chi connectivity index (χ3v) is 2.40. The van der Waals surface area contributed by atoms with Crippen molar-refractivity contribution in [1.29, 1.82) is 0 Å². The lowest BCUT2D eigenvalue weighted by Gasteiger charge is -2.08. The fourth-order valence-electron chi connectivity index (χ4n) is 1.31. The first-order chi connectivity index (χ1) is 7.48. The first-order valence-corrected chi connectivity index (χ1v) is 4.73. The van der Waals surface area contributed by atoms with E-state index in [1.165, 1.54) is 12.3 Å². The van der Waals surface area contributed by atoms with Crippen molar-refractivity contribution in [3.8, 4) is 11.3 Å². The molecular formula is C10H6ClF3N2. The van der Waals surface area contributed by atoms with Gasteiger partial charge in [0.05, 0.1) is 16.3 Å². The molecule has 0 bridgehead atoms. The quantitative estimate of drug-likeness (QED) is 0.816. The third kappa shape index (κ3) is 2.04. The monoisotopic (exact) mass is 246 g/mol. The summed E-state index contributed by atoms with van der Waals surface area (Å²) in [5.41, 5.74) is -0.0938. The Morgan fingerprint density at radius 3 is 2.50 bits per heavy atom. The first kappa shape index (κ1) is 11.0. The van der Waals surface area contributed by atoms with Crippen LogP contribution in [-0.4, -0.2) is 10.2 Å². The predicted octanol–water partition coefficient (Wildman–Crippen LogP) is 3.75. The fourth-order valence-corrected chi connectivity index (χ4v) is 1.52. The summed E-state index contributed by atoms with van der Waals surface area (Å²) in [6.45, 7) is 0. The Hall–Kier alpha value is -1.49. The number of hydrogen-bond acceptors (Lipinski definition) is 1. The smallest absolute Gasteiger partial charge is 0.285 e. The Morgan fingerprint density at radius 1 is 1.19 bits per heavy atom. The molecule has 0 radical (unpaired) electrons. The van der Waals surface area contributed by atoms with Crippen molar-refractivity contribution in [2.75, 3.05) is 0 Å². The van der Waals surface area contributed by atoms with E-state index in [0.717, 1.165) is 12.1 Å². The number of benzene rings is 1. The van der Waals surface area contributed by atoms with E-state index in [4.69, 9.17) is 11.6 Å². The Kier molecular flexibility index (Phi) is 2.63. The number of aromatic nitrogens is 2. The molecule has 16 heavy (non-hydrogen) atoms. The van der Waals surface area contributed by atoms with Crippen molar-refractivity contribution in [2.45, 2.75) is 6.18 Å². The average Bonchev–Trinajstić information content (AvgIpc) is 2.69. The second-order valence-electron chi connectivity index (χ2n) is 3.15. The summed E-state index contributed by atoms with van der Waals surface area (Å²) in [7, 11) is 0. The molecule has 0 aliphatic heterocycles. The van der Waals surface area contributed by atoms with E-state index in [0.29, 0.717) is 5.69 Å². The van der Waals surface area contributed by atoms with E-state index >= 15 is 0 Å². The standard InChI is InChI=1S/C10H6ClF3N2/c11-8-2-1-6(10(12,13)14)5-7(8)9-3-4-15-16-9/h1-5H,(H,15,16). The van der Waals surface area contributed by atoms with Crippen molar-refractivity contribution in [1.82, 2.24) is 10.2 Å².